The van der Waals surface area contributed by atoms with Gasteiger partial charge in [0.2, 0.25) is 5.91 Å². The van der Waals surface area contributed by atoms with E-state index in [1.54, 1.807) is 36.4 Å². The van der Waals surface area contributed by atoms with Gasteiger partial charge in [-0.2, -0.15) is 0 Å². The zero-order valence-electron chi connectivity index (χ0n) is 14.2. The van der Waals surface area contributed by atoms with E-state index in [0.29, 0.717) is 11.3 Å². The van der Waals surface area contributed by atoms with E-state index in [-0.39, 0.29) is 30.3 Å². The normalized spacial score (nSPS) is 16.2. The van der Waals surface area contributed by atoms with Crippen molar-refractivity contribution in [2.24, 2.45) is 5.92 Å². The van der Waals surface area contributed by atoms with Crippen molar-refractivity contribution in [1.29, 1.82) is 0 Å². The molecule has 1 atom stereocenters. The number of Topliss-reactive ketones (excluding diaryl/α,β-unsaturated/α-hetero) is 1. The van der Waals surface area contributed by atoms with Gasteiger partial charge in [0.25, 0.3) is 5.69 Å². The first-order valence-corrected chi connectivity index (χ1v) is 8.25. The van der Waals surface area contributed by atoms with Gasteiger partial charge in [-0.25, -0.2) is 0 Å². The lowest BCUT2D eigenvalue weighted by Gasteiger charge is -2.16. The van der Waals surface area contributed by atoms with Crippen LogP contribution >= 0.6 is 0 Å². The van der Waals surface area contributed by atoms with Crippen LogP contribution in [0.15, 0.2) is 54.6 Å². The standard InChI is InChI=1S/C19H16N2O6/c22-17(13-5-2-1-3-6-13)12-27-19(24)14-9-18(23)20(11-14)15-7-4-8-16(10-15)21(25)26/h1-8,10,14H,9,11-12H2/t14-/m1/s1. The third-order valence-electron chi connectivity index (χ3n) is 4.25. The van der Waals surface area contributed by atoms with E-state index in [1.165, 1.54) is 23.1 Å². The molecule has 8 heteroatoms. The second kappa shape index (κ2) is 7.77. The van der Waals surface area contributed by atoms with Gasteiger partial charge in [-0.1, -0.05) is 36.4 Å². The molecular formula is C19H16N2O6. The number of anilines is 1. The minimum Gasteiger partial charge on any atom is -0.457 e. The van der Waals surface area contributed by atoms with Crippen molar-refractivity contribution in [3.63, 3.8) is 0 Å². The highest BCUT2D eigenvalue weighted by Crippen LogP contribution is 2.28. The zero-order chi connectivity index (χ0) is 19.4. The minimum atomic E-state index is -0.722. The number of nitrogens with zero attached hydrogens (tertiary/aromatic N) is 2. The summed E-state index contributed by atoms with van der Waals surface area (Å²) in [5.41, 5.74) is 0.649. The lowest BCUT2D eigenvalue weighted by molar-refractivity contribution is -0.384. The Bertz CT molecular complexity index is 896. The average molecular weight is 368 g/mol. The highest BCUT2D eigenvalue weighted by Gasteiger charge is 2.36. The Balaban J connectivity index is 1.61. The molecule has 1 amide bonds. The van der Waals surface area contributed by atoms with Gasteiger partial charge in [-0.3, -0.25) is 24.5 Å². The van der Waals surface area contributed by atoms with Gasteiger partial charge in [0, 0.05) is 30.7 Å². The third kappa shape index (κ3) is 4.17. The van der Waals surface area contributed by atoms with Crippen molar-refractivity contribution in [1.82, 2.24) is 0 Å². The van der Waals surface area contributed by atoms with Gasteiger partial charge in [-0.05, 0) is 6.07 Å². The van der Waals surface area contributed by atoms with E-state index >= 15 is 0 Å². The number of hydrogen-bond acceptors (Lipinski definition) is 6. The van der Waals surface area contributed by atoms with Crippen LogP contribution < -0.4 is 4.90 Å². The van der Waals surface area contributed by atoms with Gasteiger partial charge < -0.3 is 9.64 Å². The van der Waals surface area contributed by atoms with Gasteiger partial charge in [0.05, 0.1) is 16.5 Å². The van der Waals surface area contributed by atoms with Gasteiger partial charge >= 0.3 is 5.97 Å². The number of carbonyl (C=O) groups excluding carboxylic acids is 3. The number of hydrogen-bond donors (Lipinski definition) is 0. The summed E-state index contributed by atoms with van der Waals surface area (Å²) in [6.45, 7) is -0.345. The Morgan fingerprint density at radius 1 is 1.15 bits per heavy atom. The first-order chi connectivity index (χ1) is 13.0. The highest BCUT2D eigenvalue weighted by molar-refractivity contribution is 6.01. The molecule has 1 aliphatic rings. The zero-order valence-corrected chi connectivity index (χ0v) is 14.2. The molecule has 1 aliphatic heterocycles. The van der Waals surface area contributed by atoms with Gasteiger partial charge in [0.1, 0.15) is 0 Å². The maximum Gasteiger partial charge on any atom is 0.311 e. The summed E-state index contributed by atoms with van der Waals surface area (Å²) in [6, 6.07) is 14.1. The number of esters is 1. The van der Waals surface area contributed by atoms with Crippen molar-refractivity contribution >= 4 is 29.0 Å². The van der Waals surface area contributed by atoms with E-state index < -0.39 is 23.4 Å². The number of amides is 1. The molecule has 2 aromatic carbocycles. The van der Waals surface area contributed by atoms with Crippen LogP contribution in [0.3, 0.4) is 0 Å². The number of carbonyl (C=O) groups is 3. The molecule has 0 aromatic heterocycles. The maximum absolute atomic E-state index is 12.2. The Morgan fingerprint density at radius 2 is 1.89 bits per heavy atom. The average Bonchev–Trinajstić information content (AvgIpc) is 3.08. The molecule has 1 saturated heterocycles. The molecule has 1 fully saturated rings. The summed E-state index contributed by atoms with van der Waals surface area (Å²) in [4.78, 5) is 48.1. The number of nitro groups is 1. The molecule has 1 heterocycles. The predicted molar refractivity (Wildman–Crippen MR) is 95.3 cm³/mol. The maximum atomic E-state index is 12.2. The molecule has 8 nitrogen and oxygen atoms in total. The summed E-state index contributed by atoms with van der Waals surface area (Å²) in [7, 11) is 0. The van der Waals surface area contributed by atoms with Crippen LogP contribution in [0.25, 0.3) is 0 Å². The molecule has 0 saturated carbocycles. The van der Waals surface area contributed by atoms with Crippen molar-refractivity contribution in [3.05, 3.63) is 70.3 Å². The van der Waals surface area contributed by atoms with Crippen LogP contribution in [0, 0.1) is 16.0 Å². The number of ketones is 1. The Kier molecular flexibility index (Phi) is 5.25. The molecule has 0 bridgehead atoms. The van der Waals surface area contributed by atoms with Crippen molar-refractivity contribution in [3.8, 4) is 0 Å². The number of rotatable bonds is 6. The number of benzene rings is 2. The molecule has 0 aliphatic carbocycles. The molecule has 2 aromatic rings. The van der Waals surface area contributed by atoms with E-state index in [0.717, 1.165) is 0 Å². The van der Waals surface area contributed by atoms with Crippen LogP contribution in [0.2, 0.25) is 0 Å². The molecule has 0 radical (unpaired) electrons. The summed E-state index contributed by atoms with van der Waals surface area (Å²) < 4.78 is 5.06. The summed E-state index contributed by atoms with van der Waals surface area (Å²) in [5, 5.41) is 10.9. The van der Waals surface area contributed by atoms with E-state index in [1.807, 2.05) is 0 Å². The SMILES string of the molecule is O=C(COC(=O)[C@@H]1CC(=O)N(c2cccc([N+](=O)[O-])c2)C1)c1ccccc1. The number of nitro benzene ring substituents is 1. The monoisotopic (exact) mass is 368 g/mol. The largest absolute Gasteiger partial charge is 0.457 e. The lowest BCUT2D eigenvalue weighted by atomic mass is 10.1. The van der Waals surface area contributed by atoms with Crippen molar-refractivity contribution in [2.45, 2.75) is 6.42 Å². The molecule has 0 spiro atoms. The molecule has 27 heavy (non-hydrogen) atoms. The van der Waals surface area contributed by atoms with Gasteiger partial charge in [0.15, 0.2) is 12.4 Å². The molecule has 138 valence electrons. The summed E-state index contributed by atoms with van der Waals surface area (Å²) >= 11 is 0. The van der Waals surface area contributed by atoms with E-state index in [9.17, 15) is 24.5 Å². The van der Waals surface area contributed by atoms with Crippen molar-refractivity contribution < 1.29 is 24.0 Å². The summed E-state index contributed by atoms with van der Waals surface area (Å²) in [6.07, 6.45) is -0.0684. The third-order valence-corrected chi connectivity index (χ3v) is 4.25. The fourth-order valence-electron chi connectivity index (χ4n) is 2.85. The molecular weight excluding hydrogens is 352 g/mol. The smallest absolute Gasteiger partial charge is 0.311 e. The number of non-ortho nitro benzene ring substituents is 1. The van der Waals surface area contributed by atoms with Crippen LogP contribution in [-0.4, -0.2) is 35.7 Å². The van der Waals surface area contributed by atoms with Crippen LogP contribution in [-0.2, 0) is 14.3 Å². The Morgan fingerprint density at radius 3 is 2.59 bits per heavy atom. The summed E-state index contributed by atoms with van der Waals surface area (Å²) in [5.74, 6) is -2.02. The Labute approximate surface area is 154 Å². The van der Waals surface area contributed by atoms with Crippen LogP contribution in [0.1, 0.15) is 16.8 Å². The molecule has 0 N–H and O–H groups in total. The first-order valence-electron chi connectivity index (χ1n) is 8.25. The fourth-order valence-corrected chi connectivity index (χ4v) is 2.85. The quantitative estimate of drug-likeness (QED) is 0.335. The molecule has 3 rings (SSSR count). The second-order valence-electron chi connectivity index (χ2n) is 6.08. The highest BCUT2D eigenvalue weighted by atomic mass is 16.6. The van der Waals surface area contributed by atoms with E-state index in [4.69, 9.17) is 4.74 Å². The minimum absolute atomic E-state index is 0.0539. The van der Waals surface area contributed by atoms with Crippen LogP contribution in [0.4, 0.5) is 11.4 Å². The first kappa shape index (κ1) is 18.2. The molecule has 0 unspecified atom stereocenters. The topological polar surface area (TPSA) is 107 Å². The van der Waals surface area contributed by atoms with Crippen LogP contribution in [0.5, 0.6) is 0 Å². The van der Waals surface area contributed by atoms with E-state index in [2.05, 4.69) is 0 Å². The van der Waals surface area contributed by atoms with Gasteiger partial charge in [-0.15, -0.1) is 0 Å². The Hall–Kier alpha value is -3.55. The predicted octanol–water partition coefficient (Wildman–Crippen LogP) is 2.37. The second-order valence-corrected chi connectivity index (χ2v) is 6.08. The number of ether oxygens (including phenoxy) is 1. The fraction of sp³-hybridized carbons (Fsp3) is 0.211. The van der Waals surface area contributed by atoms with Crippen molar-refractivity contribution in [2.75, 3.05) is 18.1 Å². The lowest BCUT2D eigenvalue weighted by Crippen LogP contribution is -2.27.